The maximum absolute atomic E-state index is 12.5. The maximum Gasteiger partial charge on any atom is 0.261 e. The van der Waals surface area contributed by atoms with Crippen molar-refractivity contribution in [2.24, 2.45) is 7.05 Å². The zero-order valence-electron chi connectivity index (χ0n) is 15.7. The Hall–Kier alpha value is -3.33. The van der Waals surface area contributed by atoms with E-state index >= 15 is 0 Å². The first-order valence-corrected chi connectivity index (χ1v) is 9.75. The Morgan fingerprint density at radius 2 is 1.93 bits per heavy atom. The van der Waals surface area contributed by atoms with Crippen LogP contribution in [0.4, 0.5) is 5.69 Å². The number of amides is 1. The molecule has 0 unspecified atom stereocenters. The Kier molecular flexibility index (Phi) is 4.98. The minimum atomic E-state index is -0.334. The lowest BCUT2D eigenvalue weighted by Gasteiger charge is -2.11. The molecule has 1 amide bonds. The second-order valence-corrected chi connectivity index (χ2v) is 7.36. The van der Waals surface area contributed by atoms with Crippen molar-refractivity contribution in [3.8, 4) is 11.5 Å². The molecule has 2 heterocycles. The van der Waals surface area contributed by atoms with E-state index < -0.39 is 0 Å². The van der Waals surface area contributed by atoms with E-state index in [0.29, 0.717) is 38.8 Å². The molecule has 0 aliphatic carbocycles. The predicted octanol–water partition coefficient (Wildman–Crippen LogP) is 2.60. The number of benzene rings is 2. The topological polar surface area (TPSA) is 99.5 Å². The molecular weight excluding hydrogens is 394 g/mol. The lowest BCUT2D eigenvalue weighted by atomic mass is 10.1. The van der Waals surface area contributed by atoms with Crippen LogP contribution in [0, 0.1) is 0 Å². The Labute approximate surface area is 169 Å². The summed E-state index contributed by atoms with van der Waals surface area (Å²) in [6, 6.07) is 10.2. The quantitative estimate of drug-likeness (QED) is 0.391. The molecule has 1 aliphatic rings. The van der Waals surface area contributed by atoms with E-state index in [1.807, 2.05) is 0 Å². The zero-order valence-corrected chi connectivity index (χ0v) is 16.5. The second kappa shape index (κ2) is 7.59. The van der Waals surface area contributed by atoms with Gasteiger partial charge in [-0.25, -0.2) is 4.98 Å². The van der Waals surface area contributed by atoms with E-state index in [1.54, 1.807) is 43.4 Å². The van der Waals surface area contributed by atoms with Crippen LogP contribution in [0.25, 0.3) is 10.9 Å². The highest BCUT2D eigenvalue weighted by molar-refractivity contribution is 7.99. The molecule has 0 bridgehead atoms. The lowest BCUT2D eigenvalue weighted by molar-refractivity contribution is -0.113. The number of nitrogens with one attached hydrogen (secondary N) is 1. The monoisotopic (exact) mass is 411 g/mol. The van der Waals surface area contributed by atoms with E-state index in [1.165, 1.54) is 11.5 Å². The summed E-state index contributed by atoms with van der Waals surface area (Å²) in [5, 5.41) is 3.69. The first kappa shape index (κ1) is 19.0. The Balaban J connectivity index is 1.53. The summed E-state index contributed by atoms with van der Waals surface area (Å²) in [7, 11) is 1.62. The van der Waals surface area contributed by atoms with Crippen LogP contribution in [0.5, 0.6) is 11.5 Å². The molecule has 29 heavy (non-hydrogen) atoms. The number of carbonyl (C=O) groups is 2. The highest BCUT2D eigenvalue weighted by Gasteiger charge is 2.20. The van der Waals surface area contributed by atoms with Gasteiger partial charge in [-0.3, -0.25) is 19.0 Å². The third kappa shape index (κ3) is 3.68. The van der Waals surface area contributed by atoms with Crippen molar-refractivity contribution < 1.29 is 19.1 Å². The van der Waals surface area contributed by atoms with Crippen molar-refractivity contribution in [2.75, 3.05) is 17.9 Å². The van der Waals surface area contributed by atoms with Crippen molar-refractivity contribution >= 4 is 40.0 Å². The van der Waals surface area contributed by atoms with Crippen LogP contribution in [0.3, 0.4) is 0 Å². The summed E-state index contributed by atoms with van der Waals surface area (Å²) in [5.41, 5.74) is 1.10. The predicted molar refractivity (Wildman–Crippen MR) is 109 cm³/mol. The molecule has 148 valence electrons. The number of aromatic nitrogens is 2. The van der Waals surface area contributed by atoms with Gasteiger partial charge in [0.15, 0.2) is 22.4 Å². The van der Waals surface area contributed by atoms with Crippen LogP contribution in [0.1, 0.15) is 17.3 Å². The van der Waals surface area contributed by atoms with Gasteiger partial charge in [-0.2, -0.15) is 0 Å². The molecule has 4 rings (SSSR count). The first-order chi connectivity index (χ1) is 13.9. The highest BCUT2D eigenvalue weighted by atomic mass is 32.2. The molecule has 0 saturated carbocycles. The molecule has 0 spiro atoms. The number of Topliss-reactive ketones (excluding diaryl/α,β-unsaturated/α-hetero) is 1. The van der Waals surface area contributed by atoms with Crippen LogP contribution in [0.2, 0.25) is 0 Å². The molecule has 0 atom stereocenters. The second-order valence-electron chi connectivity index (χ2n) is 6.42. The molecule has 1 aliphatic heterocycles. The van der Waals surface area contributed by atoms with Crippen LogP contribution in [-0.4, -0.2) is 33.8 Å². The standard InChI is InChI=1S/C20H17N3O5S/c1-11(24)13-7-16-17(28-10-27-16)8-15(13)21-18(25)9-29-20-22-14-6-4-3-5-12(14)19(26)23(20)2/h3-8H,9-10H2,1-2H3,(H,21,25). The fourth-order valence-electron chi connectivity index (χ4n) is 2.98. The highest BCUT2D eigenvalue weighted by Crippen LogP contribution is 2.37. The fourth-order valence-corrected chi connectivity index (χ4v) is 3.75. The van der Waals surface area contributed by atoms with Crippen molar-refractivity contribution in [1.82, 2.24) is 9.55 Å². The zero-order chi connectivity index (χ0) is 20.5. The smallest absolute Gasteiger partial charge is 0.261 e. The number of para-hydroxylation sites is 1. The average Bonchev–Trinajstić information content (AvgIpc) is 3.16. The summed E-state index contributed by atoms with van der Waals surface area (Å²) < 4.78 is 12.0. The van der Waals surface area contributed by atoms with Gasteiger partial charge in [0, 0.05) is 18.7 Å². The molecule has 3 aromatic rings. The van der Waals surface area contributed by atoms with Gasteiger partial charge in [0.05, 0.1) is 22.3 Å². The summed E-state index contributed by atoms with van der Waals surface area (Å²) in [6.45, 7) is 1.48. The molecular formula is C20H17N3O5S. The van der Waals surface area contributed by atoms with E-state index in [0.717, 1.165) is 11.8 Å². The maximum atomic E-state index is 12.5. The number of thioether (sulfide) groups is 1. The van der Waals surface area contributed by atoms with Gasteiger partial charge in [0.25, 0.3) is 5.56 Å². The number of ketones is 1. The Bertz CT molecular complexity index is 1200. The summed E-state index contributed by atoms with van der Waals surface area (Å²) in [5.74, 6) is 0.419. The molecule has 0 radical (unpaired) electrons. The molecule has 8 nitrogen and oxygen atoms in total. The van der Waals surface area contributed by atoms with Gasteiger partial charge < -0.3 is 14.8 Å². The summed E-state index contributed by atoms with van der Waals surface area (Å²) in [6.07, 6.45) is 0. The van der Waals surface area contributed by atoms with E-state index in [4.69, 9.17) is 9.47 Å². The summed E-state index contributed by atoms with van der Waals surface area (Å²) in [4.78, 5) is 41.3. The average molecular weight is 411 g/mol. The van der Waals surface area contributed by atoms with Gasteiger partial charge in [0.2, 0.25) is 12.7 Å². The number of ether oxygens (including phenoxy) is 2. The largest absolute Gasteiger partial charge is 0.454 e. The fraction of sp³-hybridized carbons (Fsp3) is 0.200. The normalized spacial score (nSPS) is 12.2. The van der Waals surface area contributed by atoms with Gasteiger partial charge >= 0.3 is 0 Å². The number of carbonyl (C=O) groups excluding carboxylic acids is 2. The lowest BCUT2D eigenvalue weighted by Crippen LogP contribution is -2.21. The third-order valence-electron chi connectivity index (χ3n) is 4.44. The molecule has 2 aromatic carbocycles. The minimum Gasteiger partial charge on any atom is -0.454 e. The van der Waals surface area contributed by atoms with Crippen molar-refractivity contribution in [3.63, 3.8) is 0 Å². The van der Waals surface area contributed by atoms with E-state index in [9.17, 15) is 14.4 Å². The third-order valence-corrected chi connectivity index (χ3v) is 5.47. The van der Waals surface area contributed by atoms with E-state index in [-0.39, 0.29) is 29.8 Å². The van der Waals surface area contributed by atoms with Crippen molar-refractivity contribution in [1.29, 1.82) is 0 Å². The van der Waals surface area contributed by atoms with Crippen LogP contribution in [-0.2, 0) is 11.8 Å². The van der Waals surface area contributed by atoms with Gasteiger partial charge in [-0.05, 0) is 25.1 Å². The Morgan fingerprint density at radius 3 is 2.69 bits per heavy atom. The van der Waals surface area contributed by atoms with Gasteiger partial charge in [-0.1, -0.05) is 23.9 Å². The number of fused-ring (bicyclic) bond motifs is 2. The molecule has 0 fully saturated rings. The van der Waals surface area contributed by atoms with Gasteiger partial charge in [0.1, 0.15) is 0 Å². The van der Waals surface area contributed by atoms with Crippen molar-refractivity contribution in [3.05, 3.63) is 52.3 Å². The number of nitrogens with zero attached hydrogens (tertiary/aromatic N) is 2. The first-order valence-electron chi connectivity index (χ1n) is 8.77. The minimum absolute atomic E-state index is 0.0183. The molecule has 1 N–H and O–H groups in total. The SMILES string of the molecule is CC(=O)c1cc2c(cc1NC(=O)CSc1nc3ccccc3c(=O)n1C)OCO2. The Morgan fingerprint density at radius 1 is 1.21 bits per heavy atom. The molecule has 9 heteroatoms. The van der Waals surface area contributed by atoms with Gasteiger partial charge in [-0.15, -0.1) is 0 Å². The molecule has 1 aromatic heterocycles. The number of hydrogen-bond donors (Lipinski definition) is 1. The van der Waals surface area contributed by atoms with Crippen LogP contribution in [0.15, 0.2) is 46.3 Å². The van der Waals surface area contributed by atoms with Crippen molar-refractivity contribution in [2.45, 2.75) is 12.1 Å². The van der Waals surface area contributed by atoms with E-state index in [2.05, 4.69) is 10.3 Å². The number of anilines is 1. The summed E-state index contributed by atoms with van der Waals surface area (Å²) >= 11 is 1.14. The number of hydrogen-bond acceptors (Lipinski definition) is 7. The molecule has 0 saturated heterocycles. The number of rotatable bonds is 5. The van der Waals surface area contributed by atoms with Crippen LogP contribution >= 0.6 is 11.8 Å². The van der Waals surface area contributed by atoms with Crippen LogP contribution < -0.4 is 20.3 Å².